The molecule has 4 heteroatoms. The van der Waals surface area contributed by atoms with E-state index in [1.807, 2.05) is 6.20 Å². The van der Waals surface area contributed by atoms with Gasteiger partial charge in [0.25, 0.3) is 0 Å². The fourth-order valence-electron chi connectivity index (χ4n) is 2.70. The number of hydrogen-bond donors (Lipinski definition) is 1. The molecule has 0 aromatic carbocycles. The number of nitrogens with zero attached hydrogens (tertiary/aromatic N) is 2. The molecule has 88 valence electrons. The molecule has 0 amide bonds. The van der Waals surface area contributed by atoms with E-state index in [2.05, 4.69) is 9.55 Å². The van der Waals surface area contributed by atoms with Crippen LogP contribution in [0, 0.1) is 5.92 Å². The van der Waals surface area contributed by atoms with Crippen molar-refractivity contribution in [1.29, 1.82) is 0 Å². The molecule has 2 aliphatic heterocycles. The standard InChI is InChI=1S/C12H19N3O/c13-10-1-2-11-6-14-12(15(11)7-10)5-9-3-4-16-8-9/h6,9-10H,1-5,7-8,13H2. The van der Waals surface area contributed by atoms with Crippen LogP contribution in [-0.4, -0.2) is 28.8 Å². The van der Waals surface area contributed by atoms with Gasteiger partial charge in [-0.2, -0.15) is 0 Å². The van der Waals surface area contributed by atoms with Crippen LogP contribution in [0.1, 0.15) is 24.4 Å². The Bertz CT molecular complexity index is 368. The van der Waals surface area contributed by atoms with E-state index in [1.54, 1.807) is 0 Å². The van der Waals surface area contributed by atoms with Gasteiger partial charge in [-0.3, -0.25) is 0 Å². The molecule has 1 aromatic heterocycles. The van der Waals surface area contributed by atoms with Crippen molar-refractivity contribution < 1.29 is 4.74 Å². The minimum atomic E-state index is 0.306. The molecule has 1 saturated heterocycles. The highest BCUT2D eigenvalue weighted by atomic mass is 16.5. The van der Waals surface area contributed by atoms with Crippen molar-refractivity contribution in [2.75, 3.05) is 13.2 Å². The van der Waals surface area contributed by atoms with Gasteiger partial charge in [-0.05, 0) is 25.2 Å². The van der Waals surface area contributed by atoms with Crippen molar-refractivity contribution in [1.82, 2.24) is 9.55 Å². The minimum Gasteiger partial charge on any atom is -0.381 e. The first kappa shape index (κ1) is 10.3. The number of aromatic nitrogens is 2. The van der Waals surface area contributed by atoms with Crippen LogP contribution in [0.2, 0.25) is 0 Å². The summed E-state index contributed by atoms with van der Waals surface area (Å²) in [4.78, 5) is 4.55. The Balaban J connectivity index is 1.77. The smallest absolute Gasteiger partial charge is 0.109 e. The predicted octanol–water partition coefficient (Wildman–Crippen LogP) is 0.736. The molecule has 4 nitrogen and oxygen atoms in total. The molecule has 16 heavy (non-hydrogen) atoms. The van der Waals surface area contributed by atoms with Gasteiger partial charge in [0.05, 0.1) is 0 Å². The van der Waals surface area contributed by atoms with Crippen LogP contribution >= 0.6 is 0 Å². The zero-order valence-electron chi connectivity index (χ0n) is 9.56. The zero-order chi connectivity index (χ0) is 11.0. The molecule has 0 spiro atoms. The number of aryl methyl sites for hydroxylation is 1. The number of ether oxygens (including phenoxy) is 1. The van der Waals surface area contributed by atoms with Gasteiger partial charge in [-0.15, -0.1) is 0 Å². The molecule has 0 saturated carbocycles. The Hall–Kier alpha value is -0.870. The summed E-state index contributed by atoms with van der Waals surface area (Å²) in [6.07, 6.45) is 6.42. The van der Waals surface area contributed by atoms with Crippen molar-refractivity contribution in [2.24, 2.45) is 11.7 Å². The van der Waals surface area contributed by atoms with Crippen LogP contribution in [0.4, 0.5) is 0 Å². The first-order valence-electron chi connectivity index (χ1n) is 6.19. The van der Waals surface area contributed by atoms with Crippen LogP contribution in [0.3, 0.4) is 0 Å². The SMILES string of the molecule is NC1CCc2cnc(CC3CCOC3)n2C1. The Labute approximate surface area is 95.8 Å². The number of hydrogen-bond acceptors (Lipinski definition) is 3. The maximum atomic E-state index is 6.01. The van der Waals surface area contributed by atoms with Crippen LogP contribution < -0.4 is 5.73 Å². The lowest BCUT2D eigenvalue weighted by Gasteiger charge is -2.22. The van der Waals surface area contributed by atoms with E-state index in [-0.39, 0.29) is 0 Å². The number of rotatable bonds is 2. The summed E-state index contributed by atoms with van der Waals surface area (Å²) in [6, 6.07) is 0.306. The second kappa shape index (κ2) is 4.18. The quantitative estimate of drug-likeness (QED) is 0.801. The van der Waals surface area contributed by atoms with Crippen molar-refractivity contribution >= 4 is 0 Å². The van der Waals surface area contributed by atoms with Crippen LogP contribution in [0.25, 0.3) is 0 Å². The second-order valence-electron chi connectivity index (χ2n) is 5.01. The third-order valence-corrected chi connectivity index (χ3v) is 3.70. The van der Waals surface area contributed by atoms with E-state index in [4.69, 9.17) is 10.5 Å². The Kier molecular flexibility index (Phi) is 2.69. The van der Waals surface area contributed by atoms with Gasteiger partial charge in [0.15, 0.2) is 0 Å². The molecule has 3 rings (SSSR count). The van der Waals surface area contributed by atoms with Crippen molar-refractivity contribution in [3.05, 3.63) is 17.7 Å². The van der Waals surface area contributed by atoms with E-state index in [9.17, 15) is 0 Å². The van der Waals surface area contributed by atoms with Gasteiger partial charge in [0, 0.05) is 44.1 Å². The van der Waals surface area contributed by atoms with Gasteiger partial charge in [-0.25, -0.2) is 4.98 Å². The highest BCUT2D eigenvalue weighted by Crippen LogP contribution is 2.21. The maximum absolute atomic E-state index is 6.01. The molecule has 0 bridgehead atoms. The topological polar surface area (TPSA) is 53.1 Å². The minimum absolute atomic E-state index is 0.306. The van der Waals surface area contributed by atoms with E-state index in [1.165, 1.54) is 17.9 Å². The lowest BCUT2D eigenvalue weighted by molar-refractivity contribution is 0.185. The molecule has 1 aromatic rings. The molecule has 3 heterocycles. The molecule has 2 atom stereocenters. The van der Waals surface area contributed by atoms with Gasteiger partial charge in [0.2, 0.25) is 0 Å². The average Bonchev–Trinajstić information content (AvgIpc) is 2.90. The number of imidazole rings is 1. The van der Waals surface area contributed by atoms with Gasteiger partial charge in [0.1, 0.15) is 5.82 Å². The fourth-order valence-corrected chi connectivity index (χ4v) is 2.70. The molecule has 2 aliphatic rings. The van der Waals surface area contributed by atoms with Gasteiger partial charge in [-0.1, -0.05) is 0 Å². The van der Waals surface area contributed by atoms with Gasteiger partial charge >= 0.3 is 0 Å². The first-order chi connectivity index (χ1) is 7.83. The van der Waals surface area contributed by atoms with E-state index in [0.29, 0.717) is 12.0 Å². The molecule has 2 unspecified atom stereocenters. The lowest BCUT2D eigenvalue weighted by Crippen LogP contribution is -2.32. The summed E-state index contributed by atoms with van der Waals surface area (Å²) in [5.74, 6) is 1.87. The van der Waals surface area contributed by atoms with Crippen molar-refractivity contribution in [3.8, 4) is 0 Å². The Morgan fingerprint density at radius 1 is 1.50 bits per heavy atom. The van der Waals surface area contributed by atoms with Crippen LogP contribution in [0.15, 0.2) is 6.20 Å². The summed E-state index contributed by atoms with van der Waals surface area (Å²) >= 11 is 0. The molecular formula is C12H19N3O. The summed E-state index contributed by atoms with van der Waals surface area (Å²) in [5.41, 5.74) is 7.37. The summed E-state index contributed by atoms with van der Waals surface area (Å²) in [5, 5.41) is 0. The number of fused-ring (bicyclic) bond motifs is 1. The normalized spacial score (nSPS) is 29.3. The molecule has 0 radical (unpaired) electrons. The molecule has 2 N–H and O–H groups in total. The zero-order valence-corrected chi connectivity index (χ0v) is 9.56. The van der Waals surface area contributed by atoms with Crippen LogP contribution in [-0.2, 0) is 24.1 Å². The second-order valence-corrected chi connectivity index (χ2v) is 5.01. The third kappa shape index (κ3) is 1.87. The van der Waals surface area contributed by atoms with Crippen molar-refractivity contribution in [2.45, 2.75) is 38.3 Å². The monoisotopic (exact) mass is 221 g/mol. The largest absolute Gasteiger partial charge is 0.381 e. The third-order valence-electron chi connectivity index (χ3n) is 3.70. The predicted molar refractivity (Wildman–Crippen MR) is 61.2 cm³/mol. The first-order valence-corrected chi connectivity index (χ1v) is 6.19. The molecule has 1 fully saturated rings. The Morgan fingerprint density at radius 3 is 3.25 bits per heavy atom. The summed E-state index contributed by atoms with van der Waals surface area (Å²) in [7, 11) is 0. The Morgan fingerprint density at radius 2 is 2.44 bits per heavy atom. The lowest BCUT2D eigenvalue weighted by atomic mass is 10.0. The maximum Gasteiger partial charge on any atom is 0.109 e. The number of nitrogens with two attached hydrogens (primary N) is 1. The fraction of sp³-hybridized carbons (Fsp3) is 0.750. The summed E-state index contributed by atoms with van der Waals surface area (Å²) in [6.45, 7) is 2.75. The molecule has 0 aliphatic carbocycles. The van der Waals surface area contributed by atoms with Crippen LogP contribution in [0.5, 0.6) is 0 Å². The van der Waals surface area contributed by atoms with E-state index < -0.39 is 0 Å². The van der Waals surface area contributed by atoms with Crippen molar-refractivity contribution in [3.63, 3.8) is 0 Å². The average molecular weight is 221 g/mol. The highest BCUT2D eigenvalue weighted by Gasteiger charge is 2.22. The van der Waals surface area contributed by atoms with Gasteiger partial charge < -0.3 is 15.0 Å². The summed E-state index contributed by atoms with van der Waals surface area (Å²) < 4.78 is 7.74. The van der Waals surface area contributed by atoms with E-state index in [0.717, 1.165) is 39.0 Å². The van der Waals surface area contributed by atoms with E-state index >= 15 is 0 Å². The molecular weight excluding hydrogens is 202 g/mol. The highest BCUT2D eigenvalue weighted by molar-refractivity contribution is 5.10.